The summed E-state index contributed by atoms with van der Waals surface area (Å²) in [6.45, 7) is 0.912. The number of halogens is 3. The highest BCUT2D eigenvalue weighted by Gasteiger charge is 2.39. The maximum absolute atomic E-state index is 13.5. The van der Waals surface area contributed by atoms with Gasteiger partial charge in [-0.25, -0.2) is 23.0 Å². The highest BCUT2D eigenvalue weighted by molar-refractivity contribution is 7.76. The summed E-state index contributed by atoms with van der Waals surface area (Å²) in [5.74, 6) is -1.44. The summed E-state index contributed by atoms with van der Waals surface area (Å²) in [6.07, 6.45) is 4.92. The third kappa shape index (κ3) is 5.13. The molecule has 2 heterocycles. The Labute approximate surface area is 185 Å². The predicted octanol–water partition coefficient (Wildman–Crippen LogP) is 3.82. The number of likely N-dealkylation sites (tertiary alicyclic amines) is 1. The van der Waals surface area contributed by atoms with Crippen molar-refractivity contribution >= 4 is 22.9 Å². The minimum atomic E-state index is -2.30. The van der Waals surface area contributed by atoms with Gasteiger partial charge in [0.2, 0.25) is 11.3 Å². The largest absolute Gasteiger partial charge is 0.294 e. The van der Waals surface area contributed by atoms with E-state index in [1.807, 2.05) is 12.1 Å². The van der Waals surface area contributed by atoms with Gasteiger partial charge in [-0.15, -0.1) is 0 Å². The molecule has 2 atom stereocenters. The Morgan fingerprint density at radius 3 is 2.29 bits per heavy atom. The molecular weight excluding hydrogens is 446 g/mol. The van der Waals surface area contributed by atoms with E-state index in [4.69, 9.17) is 11.6 Å². The Kier molecular flexibility index (Phi) is 6.68. The van der Waals surface area contributed by atoms with Gasteiger partial charge in [0, 0.05) is 48.7 Å². The van der Waals surface area contributed by atoms with Crippen LogP contribution in [-0.2, 0) is 17.8 Å². The van der Waals surface area contributed by atoms with E-state index in [9.17, 15) is 17.5 Å². The lowest BCUT2D eigenvalue weighted by Gasteiger charge is -2.47. The third-order valence-corrected chi connectivity index (χ3v) is 6.29. The quantitative estimate of drug-likeness (QED) is 0.538. The summed E-state index contributed by atoms with van der Waals surface area (Å²) < 4.78 is 50.1. The van der Waals surface area contributed by atoms with Gasteiger partial charge in [0.05, 0.1) is 12.1 Å². The molecule has 0 aliphatic carbocycles. The van der Waals surface area contributed by atoms with Crippen LogP contribution in [0, 0.1) is 11.6 Å². The third-order valence-electron chi connectivity index (χ3n) is 5.21. The van der Waals surface area contributed by atoms with Crippen LogP contribution >= 0.6 is 11.6 Å². The second-order valence-electron chi connectivity index (χ2n) is 7.32. The lowest BCUT2D eigenvalue weighted by molar-refractivity contribution is 0.0495. The first-order chi connectivity index (χ1) is 14.9. The molecule has 1 aliphatic rings. The Morgan fingerprint density at radius 2 is 1.71 bits per heavy atom. The average molecular weight is 465 g/mol. The number of hydrogen-bond acceptors (Lipinski definition) is 4. The van der Waals surface area contributed by atoms with Crippen molar-refractivity contribution in [1.82, 2.24) is 19.2 Å². The monoisotopic (exact) mass is 464 g/mol. The highest BCUT2D eigenvalue weighted by Crippen LogP contribution is 2.34. The molecular formula is C21H19ClF2N4O2S. The van der Waals surface area contributed by atoms with E-state index in [0.29, 0.717) is 23.7 Å². The van der Waals surface area contributed by atoms with Gasteiger partial charge in [-0.05, 0) is 35.4 Å². The van der Waals surface area contributed by atoms with Gasteiger partial charge >= 0.3 is 0 Å². The highest BCUT2D eigenvalue weighted by atomic mass is 35.5. The van der Waals surface area contributed by atoms with Gasteiger partial charge in [-0.1, -0.05) is 23.7 Å². The molecule has 2 unspecified atom stereocenters. The van der Waals surface area contributed by atoms with Crippen LogP contribution < -0.4 is 0 Å². The first-order valence-corrected chi connectivity index (χ1v) is 10.9. The van der Waals surface area contributed by atoms with Crippen molar-refractivity contribution < 1.29 is 17.5 Å². The summed E-state index contributed by atoms with van der Waals surface area (Å²) in [5, 5.41) is 0.623. The van der Waals surface area contributed by atoms with E-state index < -0.39 is 22.9 Å². The molecule has 0 bridgehead atoms. The molecule has 1 fully saturated rings. The number of benzene rings is 2. The lowest BCUT2D eigenvalue weighted by atomic mass is 9.94. The SMILES string of the molecule is O=S(O)N(Cc1cc(F)cc(F)c1)C1CN(C(c2ccc(Cl)cc2)c2cncnc2)C1. The number of aromatic nitrogens is 2. The molecule has 0 saturated carbocycles. The Bertz CT molecular complexity index is 1050. The van der Waals surface area contributed by atoms with Crippen molar-refractivity contribution in [2.24, 2.45) is 0 Å². The van der Waals surface area contributed by atoms with E-state index in [0.717, 1.165) is 29.3 Å². The van der Waals surface area contributed by atoms with Gasteiger partial charge in [-0.3, -0.25) is 9.45 Å². The van der Waals surface area contributed by atoms with Crippen molar-refractivity contribution in [3.05, 3.63) is 94.5 Å². The molecule has 1 aliphatic heterocycles. The smallest absolute Gasteiger partial charge is 0.235 e. The van der Waals surface area contributed by atoms with E-state index in [1.54, 1.807) is 24.5 Å². The normalized spacial score (nSPS) is 16.8. The van der Waals surface area contributed by atoms with Crippen molar-refractivity contribution in [3.63, 3.8) is 0 Å². The molecule has 0 spiro atoms. The minimum Gasteiger partial charge on any atom is -0.294 e. The van der Waals surface area contributed by atoms with Crippen molar-refractivity contribution in [3.8, 4) is 0 Å². The van der Waals surface area contributed by atoms with Crippen LogP contribution in [0.3, 0.4) is 0 Å². The molecule has 1 saturated heterocycles. The molecule has 3 aromatic rings. The fourth-order valence-electron chi connectivity index (χ4n) is 3.79. The fourth-order valence-corrected chi connectivity index (χ4v) is 4.56. The zero-order valence-corrected chi connectivity index (χ0v) is 17.8. The molecule has 4 rings (SSSR count). The molecule has 1 N–H and O–H groups in total. The Hall–Kier alpha value is -2.30. The zero-order valence-electron chi connectivity index (χ0n) is 16.2. The maximum atomic E-state index is 13.5. The molecule has 1 aromatic heterocycles. The summed E-state index contributed by atoms with van der Waals surface area (Å²) in [6, 6.07) is 10.1. The van der Waals surface area contributed by atoms with E-state index in [2.05, 4.69) is 14.9 Å². The molecule has 162 valence electrons. The predicted molar refractivity (Wildman–Crippen MR) is 113 cm³/mol. The number of nitrogens with zero attached hydrogens (tertiary/aromatic N) is 4. The van der Waals surface area contributed by atoms with Crippen molar-refractivity contribution in [1.29, 1.82) is 0 Å². The van der Waals surface area contributed by atoms with Crippen LogP contribution in [0.15, 0.2) is 61.2 Å². The van der Waals surface area contributed by atoms with Gasteiger partial charge in [-0.2, -0.15) is 4.31 Å². The maximum Gasteiger partial charge on any atom is 0.235 e. The first kappa shape index (κ1) is 21.9. The van der Waals surface area contributed by atoms with Crippen molar-refractivity contribution in [2.75, 3.05) is 13.1 Å². The second kappa shape index (κ2) is 9.46. The summed E-state index contributed by atoms with van der Waals surface area (Å²) >= 11 is 3.73. The van der Waals surface area contributed by atoms with Crippen LogP contribution in [0.25, 0.3) is 0 Å². The van der Waals surface area contributed by atoms with Crippen LogP contribution in [0.4, 0.5) is 8.78 Å². The average Bonchev–Trinajstić information content (AvgIpc) is 2.70. The Morgan fingerprint density at radius 1 is 1.10 bits per heavy atom. The lowest BCUT2D eigenvalue weighted by Crippen LogP contribution is -2.60. The molecule has 31 heavy (non-hydrogen) atoms. The molecule has 6 nitrogen and oxygen atoms in total. The van der Waals surface area contributed by atoms with Gasteiger partial charge < -0.3 is 0 Å². The number of rotatable bonds is 7. The number of hydrogen-bond donors (Lipinski definition) is 1. The molecule has 0 amide bonds. The van der Waals surface area contributed by atoms with Crippen LogP contribution in [-0.4, -0.2) is 47.1 Å². The standard InChI is InChI=1S/C21H19ClF2N4O2S/c22-17-3-1-15(2-4-17)21(16-8-25-13-26-9-16)27-11-20(12-27)28(31(29)30)10-14-5-18(23)7-19(24)6-14/h1-9,13,20-21H,10-12H2,(H,29,30). The van der Waals surface area contributed by atoms with Crippen LogP contribution in [0.1, 0.15) is 22.7 Å². The molecule has 2 aromatic carbocycles. The summed E-state index contributed by atoms with van der Waals surface area (Å²) in [7, 11) is 0. The topological polar surface area (TPSA) is 69.6 Å². The Balaban J connectivity index is 1.53. The van der Waals surface area contributed by atoms with Gasteiger partial charge in [0.25, 0.3) is 0 Å². The zero-order chi connectivity index (χ0) is 22.0. The summed E-state index contributed by atoms with van der Waals surface area (Å²) in [4.78, 5) is 10.3. The van der Waals surface area contributed by atoms with E-state index in [1.165, 1.54) is 10.6 Å². The van der Waals surface area contributed by atoms with E-state index >= 15 is 0 Å². The van der Waals surface area contributed by atoms with Gasteiger partial charge in [0.15, 0.2) is 0 Å². The molecule has 0 radical (unpaired) electrons. The van der Waals surface area contributed by atoms with Crippen LogP contribution in [0.5, 0.6) is 0 Å². The second-order valence-corrected chi connectivity index (χ2v) is 8.68. The van der Waals surface area contributed by atoms with E-state index in [-0.39, 0.29) is 18.6 Å². The van der Waals surface area contributed by atoms with Gasteiger partial charge in [0.1, 0.15) is 18.0 Å². The van der Waals surface area contributed by atoms with Crippen LogP contribution in [0.2, 0.25) is 5.02 Å². The fraction of sp³-hybridized carbons (Fsp3) is 0.238. The van der Waals surface area contributed by atoms with Crippen molar-refractivity contribution in [2.45, 2.75) is 18.6 Å². The minimum absolute atomic E-state index is 0.0453. The summed E-state index contributed by atoms with van der Waals surface area (Å²) in [5.41, 5.74) is 2.16. The first-order valence-electron chi connectivity index (χ1n) is 9.47. The molecule has 10 heteroatoms.